The average molecular weight is 319 g/mol. The van der Waals surface area contributed by atoms with Crippen LogP contribution in [0.25, 0.3) is 0 Å². The summed E-state index contributed by atoms with van der Waals surface area (Å²) in [6.07, 6.45) is 6.22. The summed E-state index contributed by atoms with van der Waals surface area (Å²) in [6.45, 7) is 10.0. The molecule has 0 atom stereocenters. The van der Waals surface area contributed by atoms with Crippen LogP contribution in [0.2, 0.25) is 0 Å². The van der Waals surface area contributed by atoms with Gasteiger partial charge in [0.05, 0.1) is 28.3 Å². The molecule has 0 radical (unpaired) electrons. The highest BCUT2D eigenvalue weighted by atomic mass is 16.7. The molecule has 1 aromatic rings. The van der Waals surface area contributed by atoms with Crippen LogP contribution in [-0.4, -0.2) is 46.5 Å². The minimum Gasteiger partial charge on any atom is -0.403 e. The third-order valence-corrected chi connectivity index (χ3v) is 6.08. The van der Waals surface area contributed by atoms with Crippen molar-refractivity contribution in [1.29, 1.82) is 0 Å². The summed E-state index contributed by atoms with van der Waals surface area (Å²) in [5.74, 6) is 0. The predicted octanol–water partition coefficient (Wildman–Crippen LogP) is 2.29. The van der Waals surface area contributed by atoms with Crippen LogP contribution in [0.3, 0.4) is 0 Å². The average Bonchev–Trinajstić information content (AvgIpc) is 3.10. The maximum absolute atomic E-state index is 6.28. The standard InChI is InChI=1S/C16H26BN3O3/c1-14(2)15(3,4)23-17(22-14)16(7-8-16)13-11-20(19-18-13)12-5-9-21-10-6-12/h11-12H,5-10H2,1-4H3. The van der Waals surface area contributed by atoms with Crippen molar-refractivity contribution in [3.8, 4) is 0 Å². The Morgan fingerprint density at radius 2 is 1.70 bits per heavy atom. The van der Waals surface area contributed by atoms with Crippen molar-refractivity contribution in [2.45, 2.75) is 75.9 Å². The first-order valence-electron chi connectivity index (χ1n) is 8.70. The summed E-state index contributed by atoms with van der Waals surface area (Å²) in [6, 6.07) is 0.402. The summed E-state index contributed by atoms with van der Waals surface area (Å²) >= 11 is 0. The second-order valence-corrected chi connectivity index (χ2v) is 8.17. The smallest absolute Gasteiger partial charge is 0.403 e. The summed E-state index contributed by atoms with van der Waals surface area (Å²) in [5.41, 5.74) is 0.413. The van der Waals surface area contributed by atoms with Crippen molar-refractivity contribution < 1.29 is 14.0 Å². The molecule has 0 N–H and O–H groups in total. The molecule has 1 saturated carbocycles. The summed E-state index contributed by atoms with van der Waals surface area (Å²) in [5, 5.41) is 8.75. The normalized spacial score (nSPS) is 29.0. The highest BCUT2D eigenvalue weighted by molar-refractivity contribution is 6.51. The van der Waals surface area contributed by atoms with Gasteiger partial charge in [-0.15, -0.1) is 5.10 Å². The fourth-order valence-electron chi connectivity index (χ4n) is 3.45. The van der Waals surface area contributed by atoms with Crippen LogP contribution >= 0.6 is 0 Å². The molecule has 0 unspecified atom stereocenters. The maximum atomic E-state index is 6.28. The first-order chi connectivity index (χ1) is 10.8. The highest BCUT2D eigenvalue weighted by Crippen LogP contribution is 2.54. The van der Waals surface area contributed by atoms with Crippen LogP contribution in [0, 0.1) is 0 Å². The van der Waals surface area contributed by atoms with Gasteiger partial charge in [-0.2, -0.15) is 0 Å². The fraction of sp³-hybridized carbons (Fsp3) is 0.875. The minimum absolute atomic E-state index is 0.117. The molecule has 2 aliphatic heterocycles. The third kappa shape index (κ3) is 2.44. The van der Waals surface area contributed by atoms with E-state index in [1.165, 1.54) is 0 Å². The van der Waals surface area contributed by atoms with Crippen LogP contribution in [0.5, 0.6) is 0 Å². The van der Waals surface area contributed by atoms with E-state index in [2.05, 4.69) is 44.2 Å². The summed E-state index contributed by atoms with van der Waals surface area (Å²) in [7, 11) is -0.229. The van der Waals surface area contributed by atoms with Gasteiger partial charge in [0.2, 0.25) is 0 Å². The predicted molar refractivity (Wildman–Crippen MR) is 86.1 cm³/mol. The van der Waals surface area contributed by atoms with E-state index in [9.17, 15) is 0 Å². The zero-order chi connectivity index (χ0) is 16.3. The van der Waals surface area contributed by atoms with Crippen molar-refractivity contribution in [1.82, 2.24) is 15.0 Å². The maximum Gasteiger partial charge on any atom is 0.470 e. The lowest BCUT2D eigenvalue weighted by Gasteiger charge is -2.32. The van der Waals surface area contributed by atoms with E-state index in [4.69, 9.17) is 14.0 Å². The topological polar surface area (TPSA) is 58.4 Å². The molecule has 23 heavy (non-hydrogen) atoms. The zero-order valence-electron chi connectivity index (χ0n) is 14.5. The van der Waals surface area contributed by atoms with Crippen molar-refractivity contribution in [3.63, 3.8) is 0 Å². The molecule has 126 valence electrons. The Bertz CT molecular complexity index is 575. The second-order valence-electron chi connectivity index (χ2n) is 8.17. The molecule has 0 aromatic carbocycles. The van der Waals surface area contributed by atoms with Crippen LogP contribution in [-0.2, 0) is 19.4 Å². The van der Waals surface area contributed by atoms with Crippen LogP contribution in [0.1, 0.15) is 65.1 Å². The van der Waals surface area contributed by atoms with E-state index in [1.54, 1.807) is 0 Å². The molecular formula is C16H26BN3O3. The molecule has 3 aliphatic rings. The number of ether oxygens (including phenoxy) is 1. The molecule has 7 heteroatoms. The monoisotopic (exact) mass is 319 g/mol. The Morgan fingerprint density at radius 3 is 2.26 bits per heavy atom. The van der Waals surface area contributed by atoms with Gasteiger partial charge in [-0.05, 0) is 53.4 Å². The minimum atomic E-state index is -0.302. The quantitative estimate of drug-likeness (QED) is 0.800. The lowest BCUT2D eigenvalue weighted by atomic mass is 9.66. The molecule has 6 nitrogen and oxygen atoms in total. The molecule has 0 bridgehead atoms. The first kappa shape index (κ1) is 15.6. The number of hydrogen-bond acceptors (Lipinski definition) is 5. The van der Waals surface area contributed by atoms with E-state index >= 15 is 0 Å². The van der Waals surface area contributed by atoms with Crippen LogP contribution in [0.4, 0.5) is 0 Å². The van der Waals surface area contributed by atoms with Crippen LogP contribution < -0.4 is 0 Å². The lowest BCUT2D eigenvalue weighted by molar-refractivity contribution is 0.00578. The van der Waals surface area contributed by atoms with Gasteiger partial charge < -0.3 is 14.0 Å². The van der Waals surface area contributed by atoms with E-state index < -0.39 is 0 Å². The van der Waals surface area contributed by atoms with Gasteiger partial charge in [0.25, 0.3) is 0 Å². The van der Waals surface area contributed by atoms with E-state index in [-0.39, 0.29) is 23.6 Å². The Labute approximate surface area is 138 Å². The Hall–Kier alpha value is -0.915. The molecule has 1 aliphatic carbocycles. The molecule has 0 amide bonds. The summed E-state index contributed by atoms with van der Waals surface area (Å²) in [4.78, 5) is 0. The van der Waals surface area contributed by atoms with Crippen molar-refractivity contribution in [2.75, 3.05) is 13.2 Å². The Kier molecular flexibility index (Phi) is 3.42. The zero-order valence-corrected chi connectivity index (χ0v) is 14.5. The van der Waals surface area contributed by atoms with Gasteiger partial charge >= 0.3 is 7.12 Å². The van der Waals surface area contributed by atoms with Gasteiger partial charge in [0.1, 0.15) is 0 Å². The third-order valence-electron chi connectivity index (χ3n) is 6.08. The number of hydrogen-bond donors (Lipinski definition) is 0. The van der Waals surface area contributed by atoms with Gasteiger partial charge in [-0.3, -0.25) is 0 Å². The van der Waals surface area contributed by atoms with Crippen molar-refractivity contribution in [3.05, 3.63) is 11.9 Å². The second kappa shape index (κ2) is 5.04. The van der Waals surface area contributed by atoms with E-state index in [0.29, 0.717) is 6.04 Å². The SMILES string of the molecule is CC1(C)OB(C2(c3cn(C4CCOCC4)nn3)CC2)OC1(C)C. The van der Waals surface area contributed by atoms with Gasteiger partial charge in [-0.1, -0.05) is 5.21 Å². The lowest BCUT2D eigenvalue weighted by Crippen LogP contribution is -2.41. The van der Waals surface area contributed by atoms with Gasteiger partial charge in [0.15, 0.2) is 0 Å². The number of rotatable bonds is 3. The van der Waals surface area contributed by atoms with E-state index in [1.807, 2.05) is 4.68 Å². The van der Waals surface area contributed by atoms with Crippen LogP contribution in [0.15, 0.2) is 6.20 Å². The van der Waals surface area contributed by atoms with Crippen molar-refractivity contribution in [2.24, 2.45) is 0 Å². The van der Waals surface area contributed by atoms with Gasteiger partial charge in [0, 0.05) is 19.4 Å². The number of aromatic nitrogens is 3. The Morgan fingerprint density at radius 1 is 1.09 bits per heavy atom. The van der Waals surface area contributed by atoms with E-state index in [0.717, 1.165) is 44.6 Å². The Balaban J connectivity index is 1.55. The largest absolute Gasteiger partial charge is 0.470 e. The van der Waals surface area contributed by atoms with Crippen molar-refractivity contribution >= 4 is 7.12 Å². The molecule has 1 aromatic heterocycles. The molecular weight excluding hydrogens is 293 g/mol. The fourth-order valence-corrected chi connectivity index (χ4v) is 3.45. The summed E-state index contributed by atoms with van der Waals surface area (Å²) < 4.78 is 20.0. The highest BCUT2D eigenvalue weighted by Gasteiger charge is 2.66. The number of nitrogens with zero attached hydrogens (tertiary/aromatic N) is 3. The van der Waals surface area contributed by atoms with Gasteiger partial charge in [-0.25, -0.2) is 4.68 Å². The molecule has 2 saturated heterocycles. The molecule has 3 fully saturated rings. The first-order valence-corrected chi connectivity index (χ1v) is 8.70. The molecule has 0 spiro atoms. The molecule has 4 rings (SSSR count). The molecule has 3 heterocycles.